The van der Waals surface area contributed by atoms with Gasteiger partial charge in [0.15, 0.2) is 0 Å². The average molecular weight is 814 g/mol. The van der Waals surface area contributed by atoms with Crippen LogP contribution in [0.25, 0.3) is 52.1 Å². The van der Waals surface area contributed by atoms with E-state index in [1.54, 1.807) is 25.2 Å². The van der Waals surface area contributed by atoms with Gasteiger partial charge in [-0.2, -0.15) is 0 Å². The maximum absolute atomic E-state index is 12.6. The smallest absolute Gasteiger partial charge is 0.331 e. The van der Waals surface area contributed by atoms with Crippen molar-refractivity contribution in [1.82, 2.24) is 15.3 Å². The molecule has 0 aliphatic carbocycles. The Kier molecular flexibility index (Phi) is 20.3. The number of hydrogen-bond donors (Lipinski definition) is 2. The maximum atomic E-state index is 12.6. The molecule has 0 radical (unpaired) electrons. The van der Waals surface area contributed by atoms with Crippen molar-refractivity contribution in [2.24, 2.45) is 0 Å². The predicted octanol–water partition coefficient (Wildman–Crippen LogP) is 13.0. The van der Waals surface area contributed by atoms with Crippen molar-refractivity contribution in [2.45, 2.75) is 130 Å². The van der Waals surface area contributed by atoms with Crippen molar-refractivity contribution in [1.29, 1.82) is 0 Å². The van der Waals surface area contributed by atoms with Gasteiger partial charge in [0.05, 0.1) is 18.0 Å². The number of amides is 1. The van der Waals surface area contributed by atoms with Crippen LogP contribution in [0.4, 0.5) is 0 Å². The van der Waals surface area contributed by atoms with E-state index in [0.29, 0.717) is 19.0 Å². The molecule has 0 aliphatic heterocycles. The van der Waals surface area contributed by atoms with Crippen molar-refractivity contribution in [3.8, 4) is 33.9 Å². The monoisotopic (exact) mass is 814 g/mol. The van der Waals surface area contributed by atoms with Crippen LogP contribution in [0, 0.1) is 0 Å². The first-order valence-corrected chi connectivity index (χ1v) is 22.2. The minimum absolute atomic E-state index is 0.0824. The van der Waals surface area contributed by atoms with E-state index in [9.17, 15) is 14.4 Å². The summed E-state index contributed by atoms with van der Waals surface area (Å²) in [7, 11) is 0. The normalized spacial score (nSPS) is 11.8. The minimum atomic E-state index is -0.562. The third-order valence-corrected chi connectivity index (χ3v) is 10.0. The van der Waals surface area contributed by atoms with Crippen LogP contribution in [-0.2, 0) is 23.9 Å². The van der Waals surface area contributed by atoms with Crippen LogP contribution < -0.4 is 5.32 Å². The number of aromatic nitrogens is 2. The van der Waals surface area contributed by atoms with Gasteiger partial charge in [0, 0.05) is 41.5 Å². The van der Waals surface area contributed by atoms with Crippen molar-refractivity contribution in [3.63, 3.8) is 0 Å². The number of hydrogen-bond acceptors (Lipinski definition) is 6. The largest absolute Gasteiger partial charge is 0.463 e. The van der Waals surface area contributed by atoms with E-state index in [1.807, 2.05) is 99.6 Å². The van der Waals surface area contributed by atoms with E-state index < -0.39 is 11.6 Å². The van der Waals surface area contributed by atoms with Crippen molar-refractivity contribution in [2.75, 3.05) is 13.2 Å². The second kappa shape index (κ2) is 25.9. The highest BCUT2D eigenvalue weighted by Gasteiger charge is 2.17. The number of ether oxygens (including phenoxy) is 2. The van der Waals surface area contributed by atoms with Crippen molar-refractivity contribution < 1.29 is 23.9 Å². The molecule has 0 bridgehead atoms. The molecule has 0 saturated heterocycles. The number of imidazole rings is 1. The van der Waals surface area contributed by atoms with Crippen LogP contribution in [0.5, 0.6) is 0 Å². The fraction of sp³-hybridized carbons (Fsp3) is 0.423. The van der Waals surface area contributed by atoms with E-state index >= 15 is 0 Å². The summed E-state index contributed by atoms with van der Waals surface area (Å²) in [5, 5.41) is 3.03. The van der Waals surface area contributed by atoms with Gasteiger partial charge in [0.2, 0.25) is 5.91 Å². The predicted molar refractivity (Wildman–Crippen MR) is 248 cm³/mol. The number of esters is 2. The third-order valence-electron chi connectivity index (χ3n) is 10.0. The van der Waals surface area contributed by atoms with Gasteiger partial charge in [-0.25, -0.2) is 14.6 Å². The van der Waals surface area contributed by atoms with Crippen LogP contribution in [0.15, 0.2) is 91.0 Å². The number of aromatic amines is 1. The summed E-state index contributed by atoms with van der Waals surface area (Å²) in [5.74, 6) is -0.170. The molecule has 0 aliphatic rings. The Bertz CT molecular complexity index is 1980. The zero-order valence-electron chi connectivity index (χ0n) is 36.7. The molecule has 1 amide bonds. The van der Waals surface area contributed by atoms with E-state index in [4.69, 9.17) is 14.5 Å². The van der Waals surface area contributed by atoms with Gasteiger partial charge in [0.1, 0.15) is 11.4 Å². The van der Waals surface area contributed by atoms with Gasteiger partial charge < -0.3 is 19.8 Å². The van der Waals surface area contributed by atoms with E-state index in [1.165, 1.54) is 89.2 Å². The number of nitrogens with one attached hydrogen (secondary N) is 2. The van der Waals surface area contributed by atoms with Gasteiger partial charge in [-0.1, -0.05) is 163 Å². The van der Waals surface area contributed by atoms with E-state index in [-0.39, 0.29) is 11.9 Å². The average Bonchev–Trinajstić information content (AvgIpc) is 3.68. The highest BCUT2D eigenvalue weighted by Crippen LogP contribution is 2.34. The molecule has 0 fully saturated rings. The molecule has 1 aromatic heterocycles. The van der Waals surface area contributed by atoms with Crippen LogP contribution in [-0.4, -0.2) is 46.6 Å². The fourth-order valence-corrected chi connectivity index (χ4v) is 6.81. The molecule has 320 valence electrons. The Labute approximate surface area is 359 Å². The quantitative estimate of drug-likeness (QED) is 0.0392. The Morgan fingerprint density at radius 2 is 1.03 bits per heavy atom. The Balaban J connectivity index is 1.35. The number of rotatable bonds is 25. The van der Waals surface area contributed by atoms with Crippen LogP contribution >= 0.6 is 0 Å². The van der Waals surface area contributed by atoms with Gasteiger partial charge in [-0.3, -0.25) is 4.79 Å². The number of nitrogens with zero attached hydrogens (tertiary/aromatic N) is 1. The summed E-state index contributed by atoms with van der Waals surface area (Å²) in [6.45, 7) is 10.6. The van der Waals surface area contributed by atoms with Gasteiger partial charge in [-0.15, -0.1) is 0 Å². The molecule has 0 saturated carbocycles. The van der Waals surface area contributed by atoms with Gasteiger partial charge >= 0.3 is 11.9 Å². The summed E-state index contributed by atoms with van der Waals surface area (Å²) in [5.41, 5.74) is 6.40. The number of benzene rings is 3. The fourth-order valence-electron chi connectivity index (χ4n) is 6.81. The Hall–Kier alpha value is -5.50. The zero-order chi connectivity index (χ0) is 43.0. The second-order valence-corrected chi connectivity index (χ2v) is 16.3. The molecule has 1 heterocycles. The number of unbranched alkanes of at least 4 members (excludes halogenated alkanes) is 13. The lowest BCUT2D eigenvalue weighted by Crippen LogP contribution is -2.22. The van der Waals surface area contributed by atoms with Gasteiger partial charge in [-0.05, 0) is 69.0 Å². The first kappa shape index (κ1) is 47.2. The molecule has 60 heavy (non-hydrogen) atoms. The lowest BCUT2D eigenvalue weighted by atomic mass is 10.0. The molecule has 4 aromatic rings. The first-order chi connectivity index (χ1) is 29.0. The lowest BCUT2D eigenvalue weighted by molar-refractivity contribution is -0.148. The minimum Gasteiger partial charge on any atom is -0.463 e. The Morgan fingerprint density at radius 3 is 1.53 bits per heavy atom. The van der Waals surface area contributed by atoms with Crippen LogP contribution in [0.1, 0.15) is 141 Å². The summed E-state index contributed by atoms with van der Waals surface area (Å²) >= 11 is 0. The number of H-pyrrole nitrogens is 1. The molecule has 2 N–H and O–H groups in total. The SMILES string of the molecule is CCCCCCCCCCCCCCCCNC(=O)C=Cc1ccc(-c2[nH]c(-c3ccc(/C=C/C(=O)OCC)cc3)nc2-c2ccc(/C=C/C(=O)OC(C)(C)C)cc2)cc1. The van der Waals surface area contributed by atoms with Crippen LogP contribution in [0.3, 0.4) is 0 Å². The number of carbonyl (C=O) groups is 3. The van der Waals surface area contributed by atoms with E-state index in [0.717, 1.165) is 57.6 Å². The van der Waals surface area contributed by atoms with E-state index in [2.05, 4.69) is 17.2 Å². The molecular formula is C52H67N3O5. The summed E-state index contributed by atoms with van der Waals surface area (Å²) < 4.78 is 10.4. The summed E-state index contributed by atoms with van der Waals surface area (Å²) in [4.78, 5) is 45.2. The topological polar surface area (TPSA) is 110 Å². The second-order valence-electron chi connectivity index (χ2n) is 16.3. The number of carbonyl (C=O) groups excluding carboxylic acids is 3. The summed E-state index contributed by atoms with van der Waals surface area (Å²) in [6.07, 6.45) is 28.1. The molecule has 4 rings (SSSR count). The standard InChI is InChI=1S/C52H67N3O5/c1-6-8-9-10-11-12-13-14-15-16-17-18-19-20-39-53-46(56)36-27-40-21-30-43(31-22-40)49-50(44-32-23-41(24-33-44)29-38-48(58)60-52(3,4)5)55-51(54-49)45-34-25-42(26-35-45)28-37-47(57)59-7-2/h21-38H,6-20,39H2,1-5H3,(H,53,56)(H,54,55)/b36-27?,37-28+,38-29+. The van der Waals surface area contributed by atoms with Crippen LogP contribution in [0.2, 0.25) is 0 Å². The third kappa shape index (κ3) is 17.8. The first-order valence-electron chi connectivity index (χ1n) is 22.2. The highest BCUT2D eigenvalue weighted by molar-refractivity contribution is 5.92. The zero-order valence-corrected chi connectivity index (χ0v) is 36.7. The molecule has 0 unspecified atom stereocenters. The molecule has 8 heteroatoms. The molecule has 8 nitrogen and oxygen atoms in total. The molecule has 0 atom stereocenters. The Morgan fingerprint density at radius 1 is 0.583 bits per heavy atom. The molecule has 3 aromatic carbocycles. The molecular weight excluding hydrogens is 747 g/mol. The maximum Gasteiger partial charge on any atom is 0.331 e. The van der Waals surface area contributed by atoms with Gasteiger partial charge in [0.25, 0.3) is 0 Å². The lowest BCUT2D eigenvalue weighted by Gasteiger charge is -2.17. The van der Waals surface area contributed by atoms with Crippen molar-refractivity contribution in [3.05, 3.63) is 108 Å². The summed E-state index contributed by atoms with van der Waals surface area (Å²) in [6, 6.07) is 23.6. The molecule has 0 spiro atoms. The highest BCUT2D eigenvalue weighted by atomic mass is 16.6. The van der Waals surface area contributed by atoms with Crippen molar-refractivity contribution >= 4 is 36.1 Å².